The quantitative estimate of drug-likeness (QED) is 0.877. The minimum atomic E-state index is -3.34. The molecule has 1 saturated heterocycles. The summed E-state index contributed by atoms with van der Waals surface area (Å²) in [6.07, 6.45) is 4.11. The van der Waals surface area contributed by atoms with Crippen LogP contribution in [0, 0.1) is 5.92 Å². The van der Waals surface area contributed by atoms with E-state index in [0.29, 0.717) is 23.9 Å². The molecule has 0 bridgehead atoms. The molecule has 1 aromatic rings. The van der Waals surface area contributed by atoms with Gasteiger partial charge in [-0.15, -0.1) is 0 Å². The van der Waals surface area contributed by atoms with Crippen molar-refractivity contribution in [1.82, 2.24) is 9.62 Å². The van der Waals surface area contributed by atoms with Crippen LogP contribution in [0.5, 0.6) is 0 Å². The topological polar surface area (TPSA) is 49.4 Å². The van der Waals surface area contributed by atoms with Gasteiger partial charge in [0.15, 0.2) is 0 Å². The summed E-state index contributed by atoms with van der Waals surface area (Å²) in [7, 11) is -1.42. The number of piperidine rings is 1. The van der Waals surface area contributed by atoms with Crippen molar-refractivity contribution in [2.45, 2.75) is 37.5 Å². The Hall–Kier alpha value is -0.910. The predicted molar refractivity (Wildman–Crippen MR) is 85.8 cm³/mol. The Morgan fingerprint density at radius 1 is 1.29 bits per heavy atom. The Morgan fingerprint density at radius 3 is 2.62 bits per heavy atom. The molecule has 0 saturated carbocycles. The maximum atomic E-state index is 12.7. The van der Waals surface area contributed by atoms with Crippen LogP contribution >= 0.6 is 0 Å². The molecule has 118 valence electrons. The first-order valence-corrected chi connectivity index (χ1v) is 9.25. The van der Waals surface area contributed by atoms with Crippen molar-refractivity contribution in [3.8, 4) is 0 Å². The van der Waals surface area contributed by atoms with E-state index in [4.69, 9.17) is 0 Å². The first kappa shape index (κ1) is 16.5. The number of nitrogens with one attached hydrogen (secondary N) is 1. The number of rotatable bonds is 6. The standard InChI is InChI=1S/C16H26N2O2S/c1-3-5-14-7-9-16(10-8-14)21(19,20)18-11-4-6-15(13-18)12-17-2/h7-10,15,17H,3-6,11-13H2,1-2H3. The zero-order valence-corrected chi connectivity index (χ0v) is 13.8. The summed E-state index contributed by atoms with van der Waals surface area (Å²) in [5.41, 5.74) is 1.20. The third-order valence-corrected chi connectivity index (χ3v) is 5.95. The number of benzene rings is 1. The van der Waals surface area contributed by atoms with E-state index in [1.54, 1.807) is 16.4 Å². The van der Waals surface area contributed by atoms with Gasteiger partial charge in [-0.25, -0.2) is 8.42 Å². The summed E-state index contributed by atoms with van der Waals surface area (Å²) < 4.78 is 27.1. The van der Waals surface area contributed by atoms with Crippen LogP contribution in [0.3, 0.4) is 0 Å². The van der Waals surface area contributed by atoms with Crippen LogP contribution in [-0.2, 0) is 16.4 Å². The predicted octanol–water partition coefficient (Wildman–Crippen LogP) is 2.26. The largest absolute Gasteiger partial charge is 0.319 e. The average molecular weight is 310 g/mol. The molecule has 1 aliphatic rings. The Morgan fingerprint density at radius 2 is 2.00 bits per heavy atom. The fourth-order valence-corrected chi connectivity index (χ4v) is 4.52. The van der Waals surface area contributed by atoms with E-state index in [1.165, 1.54) is 5.56 Å². The summed E-state index contributed by atoms with van der Waals surface area (Å²) in [5, 5.41) is 3.15. The van der Waals surface area contributed by atoms with Crippen LogP contribution in [0.25, 0.3) is 0 Å². The van der Waals surface area contributed by atoms with Gasteiger partial charge in [0.2, 0.25) is 10.0 Å². The lowest BCUT2D eigenvalue weighted by Gasteiger charge is -2.31. The van der Waals surface area contributed by atoms with Gasteiger partial charge < -0.3 is 5.32 Å². The molecule has 21 heavy (non-hydrogen) atoms. The zero-order chi connectivity index (χ0) is 15.3. The van der Waals surface area contributed by atoms with Crippen molar-refractivity contribution < 1.29 is 8.42 Å². The molecule has 0 aliphatic carbocycles. The number of sulfonamides is 1. The molecule has 4 nitrogen and oxygen atoms in total. The monoisotopic (exact) mass is 310 g/mol. The number of aryl methyl sites for hydroxylation is 1. The first-order valence-electron chi connectivity index (χ1n) is 7.81. The van der Waals surface area contributed by atoms with Crippen molar-refractivity contribution in [1.29, 1.82) is 0 Å². The van der Waals surface area contributed by atoms with Crippen molar-refractivity contribution in [3.05, 3.63) is 29.8 Å². The van der Waals surface area contributed by atoms with Crippen LogP contribution in [0.2, 0.25) is 0 Å². The van der Waals surface area contributed by atoms with Gasteiger partial charge >= 0.3 is 0 Å². The average Bonchev–Trinajstić information content (AvgIpc) is 2.49. The van der Waals surface area contributed by atoms with E-state index >= 15 is 0 Å². The van der Waals surface area contributed by atoms with Crippen molar-refractivity contribution in [2.24, 2.45) is 5.92 Å². The second-order valence-corrected chi connectivity index (χ2v) is 7.76. The van der Waals surface area contributed by atoms with Crippen LogP contribution < -0.4 is 5.32 Å². The van der Waals surface area contributed by atoms with E-state index in [1.807, 2.05) is 19.2 Å². The number of nitrogens with zero attached hydrogens (tertiary/aromatic N) is 1. The molecule has 1 fully saturated rings. The van der Waals surface area contributed by atoms with Gasteiger partial charge in [-0.05, 0) is 56.5 Å². The molecule has 1 aliphatic heterocycles. The first-order chi connectivity index (χ1) is 10.1. The molecule has 0 aromatic heterocycles. The third kappa shape index (κ3) is 4.05. The van der Waals surface area contributed by atoms with E-state index in [-0.39, 0.29) is 0 Å². The fourth-order valence-electron chi connectivity index (χ4n) is 2.97. The maximum absolute atomic E-state index is 12.7. The van der Waals surface area contributed by atoms with Gasteiger partial charge in [0.05, 0.1) is 4.90 Å². The van der Waals surface area contributed by atoms with Crippen LogP contribution in [0.1, 0.15) is 31.7 Å². The molecule has 1 N–H and O–H groups in total. The van der Waals surface area contributed by atoms with Gasteiger partial charge in [-0.2, -0.15) is 4.31 Å². The molecule has 1 heterocycles. The van der Waals surface area contributed by atoms with Crippen molar-refractivity contribution in [2.75, 3.05) is 26.7 Å². The van der Waals surface area contributed by atoms with E-state index in [9.17, 15) is 8.42 Å². The highest BCUT2D eigenvalue weighted by Gasteiger charge is 2.29. The smallest absolute Gasteiger partial charge is 0.243 e. The lowest BCUT2D eigenvalue weighted by atomic mass is 10.00. The van der Waals surface area contributed by atoms with Crippen molar-refractivity contribution in [3.63, 3.8) is 0 Å². The highest BCUT2D eigenvalue weighted by atomic mass is 32.2. The van der Waals surface area contributed by atoms with Gasteiger partial charge in [0.25, 0.3) is 0 Å². The molecule has 0 radical (unpaired) electrons. The SMILES string of the molecule is CCCc1ccc(S(=O)(=O)N2CCCC(CNC)C2)cc1. The minimum Gasteiger partial charge on any atom is -0.319 e. The summed E-state index contributed by atoms with van der Waals surface area (Å²) in [6, 6.07) is 7.38. The van der Waals surface area contributed by atoms with E-state index < -0.39 is 10.0 Å². The minimum absolute atomic E-state index is 0.415. The molecule has 1 unspecified atom stereocenters. The summed E-state index contributed by atoms with van der Waals surface area (Å²) >= 11 is 0. The second kappa shape index (κ2) is 7.38. The molecule has 1 aromatic carbocycles. The van der Waals surface area contributed by atoms with Gasteiger partial charge in [-0.1, -0.05) is 25.5 Å². The Kier molecular flexibility index (Phi) is 5.79. The van der Waals surface area contributed by atoms with Crippen LogP contribution in [-0.4, -0.2) is 39.4 Å². The number of hydrogen-bond acceptors (Lipinski definition) is 3. The van der Waals surface area contributed by atoms with Gasteiger partial charge in [0.1, 0.15) is 0 Å². The summed E-state index contributed by atoms with van der Waals surface area (Å²) in [5.74, 6) is 0.415. The van der Waals surface area contributed by atoms with Gasteiger partial charge in [-0.3, -0.25) is 0 Å². The molecule has 0 spiro atoms. The molecule has 5 heteroatoms. The second-order valence-electron chi connectivity index (χ2n) is 5.82. The molecule has 0 amide bonds. The fraction of sp³-hybridized carbons (Fsp3) is 0.625. The zero-order valence-electron chi connectivity index (χ0n) is 13.0. The van der Waals surface area contributed by atoms with Crippen LogP contribution in [0.4, 0.5) is 0 Å². The summed E-state index contributed by atoms with van der Waals surface area (Å²) in [6.45, 7) is 4.26. The lowest BCUT2D eigenvalue weighted by molar-refractivity contribution is 0.263. The molecule has 1 atom stereocenters. The number of hydrogen-bond donors (Lipinski definition) is 1. The Balaban J connectivity index is 2.13. The molecule has 2 rings (SSSR count). The van der Waals surface area contributed by atoms with Gasteiger partial charge in [0, 0.05) is 13.1 Å². The maximum Gasteiger partial charge on any atom is 0.243 e. The molecular formula is C16H26N2O2S. The van der Waals surface area contributed by atoms with Crippen molar-refractivity contribution >= 4 is 10.0 Å². The normalized spacial score (nSPS) is 20.6. The highest BCUT2D eigenvalue weighted by molar-refractivity contribution is 7.89. The third-order valence-electron chi connectivity index (χ3n) is 4.07. The van der Waals surface area contributed by atoms with Crippen LogP contribution in [0.15, 0.2) is 29.2 Å². The Labute approximate surface area is 128 Å². The Bertz CT molecular complexity index is 538. The highest BCUT2D eigenvalue weighted by Crippen LogP contribution is 2.23. The lowest BCUT2D eigenvalue weighted by Crippen LogP contribution is -2.42. The molecular weight excluding hydrogens is 284 g/mol. The summed E-state index contributed by atoms with van der Waals surface area (Å²) in [4.78, 5) is 0.424. The van der Waals surface area contributed by atoms with E-state index in [0.717, 1.165) is 32.2 Å². The van der Waals surface area contributed by atoms with E-state index in [2.05, 4.69) is 12.2 Å².